The number of aromatic hydroxyl groups is 1. The summed E-state index contributed by atoms with van der Waals surface area (Å²) in [6, 6.07) is 1.45. The van der Waals surface area contributed by atoms with E-state index in [-0.39, 0.29) is 41.1 Å². The molecule has 0 aromatic heterocycles. The number of phenolic OH excluding ortho intramolecular Hbond substituents is 1. The van der Waals surface area contributed by atoms with Crippen LogP contribution in [0.15, 0.2) is 30.7 Å². The van der Waals surface area contributed by atoms with E-state index in [2.05, 4.69) is 18.0 Å². The first-order valence-electron chi connectivity index (χ1n) is 5.81. The molecule has 2 rings (SSSR count). The highest BCUT2D eigenvalue weighted by Crippen LogP contribution is 2.42. The lowest BCUT2D eigenvalue weighted by Gasteiger charge is -2.14. The number of fused-ring (bicyclic) bond motifs is 1. The van der Waals surface area contributed by atoms with Crippen molar-refractivity contribution in [1.29, 1.82) is 0 Å². The average molecular weight is 278 g/mol. The number of ether oxygens (including phenoxy) is 2. The summed E-state index contributed by atoms with van der Waals surface area (Å²) in [4.78, 5) is 15.5. The van der Waals surface area contributed by atoms with Crippen molar-refractivity contribution in [3.63, 3.8) is 0 Å². The van der Waals surface area contributed by atoms with Gasteiger partial charge >= 0.3 is 5.95 Å². The number of hydrogen-bond donors (Lipinski definition) is 2. The zero-order chi connectivity index (χ0) is 14.9. The zero-order valence-corrected chi connectivity index (χ0v) is 10.9. The highest BCUT2D eigenvalue weighted by molar-refractivity contribution is 6.05. The molecule has 1 aromatic carbocycles. The fourth-order valence-corrected chi connectivity index (χ4v) is 1.97. The van der Waals surface area contributed by atoms with Gasteiger partial charge in [-0.05, 0) is 13.5 Å². The van der Waals surface area contributed by atoms with Crippen LogP contribution in [0.1, 0.15) is 22.8 Å². The number of allylic oxidation sites excluding steroid dienone is 1. The number of phenols is 1. The first-order valence-corrected chi connectivity index (χ1v) is 5.81. The molecule has 20 heavy (non-hydrogen) atoms. The monoisotopic (exact) mass is 278 g/mol. The van der Waals surface area contributed by atoms with Gasteiger partial charge < -0.3 is 19.5 Å². The van der Waals surface area contributed by atoms with Crippen LogP contribution in [0.4, 0.5) is 0 Å². The van der Waals surface area contributed by atoms with Gasteiger partial charge in [0.15, 0.2) is 6.61 Å². The summed E-state index contributed by atoms with van der Waals surface area (Å²) < 4.78 is 10.3. The van der Waals surface area contributed by atoms with Crippen molar-refractivity contribution in [2.75, 3.05) is 6.61 Å². The molecule has 1 aliphatic rings. The summed E-state index contributed by atoms with van der Waals surface area (Å²) in [6.45, 7) is 8.72. The van der Waals surface area contributed by atoms with Crippen molar-refractivity contribution in [3.05, 3.63) is 41.9 Å². The molecule has 0 aliphatic carbocycles. The molecule has 0 spiro atoms. The number of hydrogen-bond acceptors (Lipinski definition) is 6. The first-order chi connectivity index (χ1) is 9.43. The molecule has 0 atom stereocenters. The van der Waals surface area contributed by atoms with Crippen molar-refractivity contribution >= 4 is 5.78 Å². The van der Waals surface area contributed by atoms with Gasteiger partial charge in [-0.3, -0.25) is 4.79 Å². The summed E-state index contributed by atoms with van der Waals surface area (Å²) in [5, 5.41) is 18.7. The van der Waals surface area contributed by atoms with Gasteiger partial charge in [0.1, 0.15) is 22.8 Å². The molecular weight excluding hydrogens is 264 g/mol. The van der Waals surface area contributed by atoms with E-state index in [9.17, 15) is 9.90 Å². The molecule has 0 fully saturated rings. The van der Waals surface area contributed by atoms with E-state index in [1.165, 1.54) is 6.07 Å². The molecule has 0 amide bonds. The zero-order valence-electron chi connectivity index (χ0n) is 10.9. The van der Waals surface area contributed by atoms with Gasteiger partial charge in [-0.2, -0.15) is 5.26 Å². The van der Waals surface area contributed by atoms with E-state index in [0.29, 0.717) is 12.0 Å². The summed E-state index contributed by atoms with van der Waals surface area (Å²) >= 11 is 0. The van der Waals surface area contributed by atoms with Crippen LogP contribution in [0.5, 0.6) is 17.2 Å². The molecule has 1 aromatic rings. The molecule has 6 nitrogen and oxygen atoms in total. The third-order valence-electron chi connectivity index (χ3n) is 2.77. The van der Waals surface area contributed by atoms with Crippen LogP contribution in [0.25, 0.3) is 0 Å². The lowest BCUT2D eigenvalue weighted by atomic mass is 9.99. The van der Waals surface area contributed by atoms with E-state index in [4.69, 9.17) is 14.7 Å². The van der Waals surface area contributed by atoms with Gasteiger partial charge in [0.05, 0.1) is 0 Å². The van der Waals surface area contributed by atoms with E-state index in [1.807, 2.05) is 0 Å². The van der Waals surface area contributed by atoms with Crippen molar-refractivity contribution in [2.24, 2.45) is 0 Å². The van der Waals surface area contributed by atoms with Crippen molar-refractivity contribution in [1.82, 2.24) is 0 Å². The summed E-state index contributed by atoms with van der Waals surface area (Å²) in [7, 11) is 0. The number of carbonyl (C=O) groups excluding carboxylic acids is 1. The quantitative estimate of drug-likeness (QED) is 0.372. The maximum absolute atomic E-state index is 11.7. The van der Waals surface area contributed by atoms with E-state index in [0.717, 1.165) is 5.57 Å². The summed E-state index contributed by atoms with van der Waals surface area (Å²) in [5.74, 6) is -0.480. The molecule has 0 saturated carbocycles. The van der Waals surface area contributed by atoms with Crippen LogP contribution in [0.3, 0.4) is 0 Å². The minimum absolute atomic E-state index is 0.129. The predicted octanol–water partition coefficient (Wildman–Crippen LogP) is 2.43. The lowest BCUT2D eigenvalue weighted by Crippen LogP contribution is -2.03. The highest BCUT2D eigenvalue weighted by atomic mass is 17.1. The van der Waals surface area contributed by atoms with E-state index < -0.39 is 0 Å². The molecule has 0 bridgehead atoms. The smallest absolute Gasteiger partial charge is 0.314 e. The standard InChI is InChI=1S/C14H14O6/c1-7(2)4-9-11(19-8(3)20-17)5-12-13(14(9)16)10(15)6-18-12/h5,16-17H,1,3-4,6H2,2H3. The molecule has 2 N–H and O–H groups in total. The van der Waals surface area contributed by atoms with Gasteiger partial charge in [0.2, 0.25) is 5.78 Å². The van der Waals surface area contributed by atoms with Gasteiger partial charge in [-0.25, -0.2) is 0 Å². The van der Waals surface area contributed by atoms with Crippen LogP contribution < -0.4 is 9.47 Å². The van der Waals surface area contributed by atoms with E-state index >= 15 is 0 Å². The fraction of sp³-hybridized carbons (Fsp3) is 0.214. The average Bonchev–Trinajstić information content (AvgIpc) is 2.75. The third-order valence-corrected chi connectivity index (χ3v) is 2.77. The molecule has 0 unspecified atom stereocenters. The van der Waals surface area contributed by atoms with Crippen molar-refractivity contribution in [2.45, 2.75) is 13.3 Å². The molecular formula is C14H14O6. The third kappa shape index (κ3) is 2.46. The molecule has 1 heterocycles. The van der Waals surface area contributed by atoms with Crippen molar-refractivity contribution in [3.8, 4) is 17.2 Å². The Morgan fingerprint density at radius 1 is 1.50 bits per heavy atom. The Labute approximate surface area is 115 Å². The Kier molecular flexibility index (Phi) is 3.67. The van der Waals surface area contributed by atoms with Crippen LogP contribution in [0.2, 0.25) is 0 Å². The normalized spacial score (nSPS) is 12.6. The van der Waals surface area contributed by atoms with Gasteiger partial charge in [0.25, 0.3) is 0 Å². The minimum atomic E-state index is -0.364. The van der Waals surface area contributed by atoms with Crippen LogP contribution in [-0.4, -0.2) is 22.8 Å². The Hall–Kier alpha value is -2.47. The minimum Gasteiger partial charge on any atom is -0.507 e. The first kappa shape index (κ1) is 14.0. The molecule has 0 radical (unpaired) electrons. The second-order valence-corrected chi connectivity index (χ2v) is 4.49. The molecule has 0 saturated heterocycles. The SMILES string of the molecule is C=C(C)Cc1c(OC(=C)OO)cc2c(c1O)C(=O)CO2. The summed E-state index contributed by atoms with van der Waals surface area (Å²) in [5.41, 5.74) is 1.24. The van der Waals surface area contributed by atoms with Crippen LogP contribution in [-0.2, 0) is 11.3 Å². The molecule has 1 aliphatic heterocycles. The van der Waals surface area contributed by atoms with Gasteiger partial charge in [-0.15, -0.1) is 0 Å². The largest absolute Gasteiger partial charge is 0.507 e. The highest BCUT2D eigenvalue weighted by Gasteiger charge is 2.30. The second-order valence-electron chi connectivity index (χ2n) is 4.49. The number of rotatable bonds is 5. The number of Topliss-reactive ketones (excluding diaryl/α,β-unsaturated/α-hetero) is 1. The van der Waals surface area contributed by atoms with E-state index in [1.54, 1.807) is 6.92 Å². The number of ketones is 1. The predicted molar refractivity (Wildman–Crippen MR) is 69.9 cm³/mol. The Balaban J connectivity index is 2.54. The molecule has 6 heteroatoms. The number of benzene rings is 1. The topological polar surface area (TPSA) is 85.2 Å². The maximum atomic E-state index is 11.7. The van der Waals surface area contributed by atoms with Crippen LogP contribution in [0, 0.1) is 0 Å². The van der Waals surface area contributed by atoms with Crippen molar-refractivity contribution < 1.29 is 29.5 Å². The number of carbonyl (C=O) groups is 1. The Bertz CT molecular complexity index is 602. The van der Waals surface area contributed by atoms with Gasteiger partial charge in [-0.1, -0.05) is 12.2 Å². The fourth-order valence-electron chi connectivity index (χ4n) is 1.97. The summed E-state index contributed by atoms with van der Waals surface area (Å²) in [6.07, 6.45) is 0.292. The maximum Gasteiger partial charge on any atom is 0.314 e. The van der Waals surface area contributed by atoms with Crippen LogP contribution >= 0.6 is 0 Å². The molecule has 106 valence electrons. The Morgan fingerprint density at radius 3 is 2.80 bits per heavy atom. The van der Waals surface area contributed by atoms with Gasteiger partial charge in [0, 0.05) is 18.1 Å². The second kappa shape index (κ2) is 5.26. The lowest BCUT2D eigenvalue weighted by molar-refractivity contribution is -0.230. The Morgan fingerprint density at radius 2 is 2.20 bits per heavy atom.